The standard InChI is InChI=1S/C11H27N3O3/c1-10(13-3,14-4)5-9(12-2)11(6-15,7-16)8-17/h9,12-17H,5-8H2,1-4H3. The van der Waals surface area contributed by atoms with E-state index in [4.69, 9.17) is 0 Å². The van der Waals surface area contributed by atoms with Gasteiger partial charge in [-0.3, -0.25) is 0 Å². The lowest BCUT2D eigenvalue weighted by molar-refractivity contribution is -0.0298. The van der Waals surface area contributed by atoms with Gasteiger partial charge in [-0.15, -0.1) is 0 Å². The molecular formula is C11H27N3O3. The first-order valence-electron chi connectivity index (χ1n) is 5.85. The van der Waals surface area contributed by atoms with Gasteiger partial charge in [-0.1, -0.05) is 0 Å². The Morgan fingerprint density at radius 1 is 0.941 bits per heavy atom. The number of aliphatic hydroxyl groups is 3. The van der Waals surface area contributed by atoms with Gasteiger partial charge < -0.3 is 31.3 Å². The van der Waals surface area contributed by atoms with Crippen LogP contribution in [-0.2, 0) is 0 Å². The van der Waals surface area contributed by atoms with Crippen molar-refractivity contribution in [2.75, 3.05) is 41.0 Å². The van der Waals surface area contributed by atoms with Crippen LogP contribution < -0.4 is 16.0 Å². The Morgan fingerprint density at radius 2 is 1.35 bits per heavy atom. The summed E-state index contributed by atoms with van der Waals surface area (Å²) in [4.78, 5) is 0. The second-order valence-electron chi connectivity index (χ2n) is 4.71. The summed E-state index contributed by atoms with van der Waals surface area (Å²) in [6.45, 7) is 1.17. The Bertz CT molecular complexity index is 198. The van der Waals surface area contributed by atoms with Crippen LogP contribution in [0.2, 0.25) is 0 Å². The lowest BCUT2D eigenvalue weighted by Crippen LogP contribution is -2.60. The van der Waals surface area contributed by atoms with Gasteiger partial charge in [0, 0.05) is 6.04 Å². The number of hydrogen-bond acceptors (Lipinski definition) is 6. The molecule has 0 spiro atoms. The minimum atomic E-state index is -0.927. The van der Waals surface area contributed by atoms with Crippen molar-refractivity contribution in [3.63, 3.8) is 0 Å². The lowest BCUT2D eigenvalue weighted by atomic mass is 9.78. The Morgan fingerprint density at radius 3 is 1.59 bits per heavy atom. The number of hydrogen-bond donors (Lipinski definition) is 6. The quantitative estimate of drug-likeness (QED) is 0.267. The average Bonchev–Trinajstić information content (AvgIpc) is 2.39. The zero-order valence-corrected chi connectivity index (χ0v) is 11.2. The molecule has 0 saturated heterocycles. The van der Waals surface area contributed by atoms with Crippen molar-refractivity contribution < 1.29 is 15.3 Å². The summed E-state index contributed by atoms with van der Waals surface area (Å²) in [7, 11) is 5.43. The van der Waals surface area contributed by atoms with Gasteiger partial charge in [0.1, 0.15) is 0 Å². The first-order valence-corrected chi connectivity index (χ1v) is 5.85. The summed E-state index contributed by atoms with van der Waals surface area (Å²) in [5.41, 5.74) is -1.26. The van der Waals surface area contributed by atoms with Gasteiger partial charge >= 0.3 is 0 Å². The molecule has 0 aromatic carbocycles. The molecule has 1 atom stereocenters. The fourth-order valence-electron chi connectivity index (χ4n) is 1.84. The Kier molecular flexibility index (Phi) is 7.15. The van der Waals surface area contributed by atoms with Gasteiger partial charge in [0.05, 0.1) is 30.9 Å². The molecule has 6 heteroatoms. The first kappa shape index (κ1) is 16.8. The highest BCUT2D eigenvalue weighted by Crippen LogP contribution is 2.26. The highest BCUT2D eigenvalue weighted by molar-refractivity contribution is 4.95. The minimum absolute atomic E-state index is 0.215. The second-order valence-corrected chi connectivity index (χ2v) is 4.71. The molecule has 0 rings (SSSR count). The molecule has 0 heterocycles. The predicted molar refractivity (Wildman–Crippen MR) is 67.7 cm³/mol. The summed E-state index contributed by atoms with van der Waals surface area (Å²) in [5.74, 6) is 0. The Balaban J connectivity index is 4.93. The van der Waals surface area contributed by atoms with Crippen molar-refractivity contribution in [1.29, 1.82) is 0 Å². The van der Waals surface area contributed by atoms with Crippen molar-refractivity contribution in [1.82, 2.24) is 16.0 Å². The van der Waals surface area contributed by atoms with Crippen LogP contribution >= 0.6 is 0 Å². The largest absolute Gasteiger partial charge is 0.396 e. The molecule has 17 heavy (non-hydrogen) atoms. The summed E-state index contributed by atoms with van der Waals surface area (Å²) in [5, 5.41) is 37.6. The molecule has 6 nitrogen and oxygen atoms in total. The molecule has 0 aliphatic carbocycles. The SMILES string of the molecule is CNC(CC(C)(NC)NC)C(CO)(CO)CO. The monoisotopic (exact) mass is 249 g/mol. The fraction of sp³-hybridized carbons (Fsp3) is 1.00. The first-order chi connectivity index (χ1) is 7.97. The highest BCUT2D eigenvalue weighted by atomic mass is 16.3. The molecule has 0 aromatic rings. The summed E-state index contributed by atoms with van der Waals surface area (Å²) < 4.78 is 0. The Labute approximate surface area is 103 Å². The van der Waals surface area contributed by atoms with Crippen LogP contribution in [0.25, 0.3) is 0 Å². The fourth-order valence-corrected chi connectivity index (χ4v) is 1.84. The molecule has 0 aromatic heterocycles. The maximum Gasteiger partial charge on any atom is 0.0668 e. The van der Waals surface area contributed by atoms with Crippen molar-refractivity contribution in [3.8, 4) is 0 Å². The van der Waals surface area contributed by atoms with Gasteiger partial charge in [0.25, 0.3) is 0 Å². The summed E-state index contributed by atoms with van der Waals surface area (Å²) in [6.07, 6.45) is 0.609. The van der Waals surface area contributed by atoms with E-state index in [1.807, 2.05) is 21.0 Å². The molecule has 0 radical (unpaired) electrons. The van der Waals surface area contributed by atoms with Gasteiger partial charge in [-0.2, -0.15) is 0 Å². The maximum atomic E-state index is 9.42. The van der Waals surface area contributed by atoms with Crippen molar-refractivity contribution in [2.45, 2.75) is 25.0 Å². The van der Waals surface area contributed by atoms with E-state index in [9.17, 15) is 15.3 Å². The molecule has 0 saturated carbocycles. The van der Waals surface area contributed by atoms with E-state index in [0.717, 1.165) is 0 Å². The third-order valence-corrected chi connectivity index (χ3v) is 3.75. The normalized spacial score (nSPS) is 15.0. The summed E-state index contributed by atoms with van der Waals surface area (Å²) in [6, 6.07) is -0.215. The van der Waals surface area contributed by atoms with Crippen molar-refractivity contribution >= 4 is 0 Å². The molecule has 0 bridgehead atoms. The zero-order valence-electron chi connectivity index (χ0n) is 11.2. The van der Waals surface area contributed by atoms with E-state index >= 15 is 0 Å². The molecule has 0 aliphatic rings. The molecule has 0 fully saturated rings. The van der Waals surface area contributed by atoms with Crippen molar-refractivity contribution in [2.24, 2.45) is 5.41 Å². The molecule has 0 aliphatic heterocycles. The third kappa shape index (κ3) is 3.87. The van der Waals surface area contributed by atoms with E-state index in [-0.39, 0.29) is 31.5 Å². The van der Waals surface area contributed by atoms with Crippen LogP contribution in [0.5, 0.6) is 0 Å². The summed E-state index contributed by atoms with van der Waals surface area (Å²) >= 11 is 0. The number of nitrogens with one attached hydrogen (secondary N) is 3. The van der Waals surface area contributed by atoms with E-state index in [1.54, 1.807) is 7.05 Å². The highest BCUT2D eigenvalue weighted by Gasteiger charge is 2.40. The maximum absolute atomic E-state index is 9.42. The molecule has 104 valence electrons. The third-order valence-electron chi connectivity index (χ3n) is 3.75. The van der Waals surface area contributed by atoms with Gasteiger partial charge in [0.2, 0.25) is 0 Å². The smallest absolute Gasteiger partial charge is 0.0668 e. The molecular weight excluding hydrogens is 222 g/mol. The van der Waals surface area contributed by atoms with Gasteiger partial charge in [-0.25, -0.2) is 0 Å². The van der Waals surface area contributed by atoms with Crippen LogP contribution in [0.1, 0.15) is 13.3 Å². The predicted octanol–water partition coefficient (Wildman–Crippen LogP) is -1.92. The van der Waals surface area contributed by atoms with E-state index in [0.29, 0.717) is 6.42 Å². The van der Waals surface area contributed by atoms with Gasteiger partial charge in [-0.05, 0) is 34.5 Å². The van der Waals surface area contributed by atoms with E-state index < -0.39 is 5.41 Å². The van der Waals surface area contributed by atoms with Crippen LogP contribution in [0.4, 0.5) is 0 Å². The topological polar surface area (TPSA) is 96.8 Å². The van der Waals surface area contributed by atoms with Crippen LogP contribution in [0.15, 0.2) is 0 Å². The zero-order chi connectivity index (χ0) is 13.5. The second kappa shape index (κ2) is 7.25. The van der Waals surface area contributed by atoms with Gasteiger partial charge in [0.15, 0.2) is 0 Å². The average molecular weight is 249 g/mol. The number of aliphatic hydroxyl groups excluding tert-OH is 3. The van der Waals surface area contributed by atoms with E-state index in [2.05, 4.69) is 16.0 Å². The number of rotatable bonds is 9. The van der Waals surface area contributed by atoms with Crippen LogP contribution in [0.3, 0.4) is 0 Å². The van der Waals surface area contributed by atoms with E-state index in [1.165, 1.54) is 0 Å². The van der Waals surface area contributed by atoms with Crippen molar-refractivity contribution in [3.05, 3.63) is 0 Å². The van der Waals surface area contributed by atoms with Crippen LogP contribution in [-0.4, -0.2) is 68.0 Å². The molecule has 6 N–H and O–H groups in total. The molecule has 0 amide bonds. The molecule has 1 unspecified atom stereocenters. The Hall–Kier alpha value is -0.240. The minimum Gasteiger partial charge on any atom is -0.396 e. The van der Waals surface area contributed by atoms with Crippen LogP contribution in [0, 0.1) is 5.41 Å². The lowest BCUT2D eigenvalue weighted by Gasteiger charge is -2.41.